The maximum absolute atomic E-state index is 10.5. The van der Waals surface area contributed by atoms with Gasteiger partial charge in [-0.25, -0.2) is 4.79 Å². The number of rotatable bonds is 17. The monoisotopic (exact) mass is 330 g/mol. The number of ether oxygens (including phenoxy) is 1. The molecule has 0 atom stereocenters. The highest BCUT2D eigenvalue weighted by molar-refractivity contribution is 5.58. The molecule has 0 heterocycles. The summed E-state index contributed by atoms with van der Waals surface area (Å²) in [7, 11) is 0. The van der Waals surface area contributed by atoms with Gasteiger partial charge >= 0.3 is 6.16 Å². The molecule has 4 heteroatoms. The fourth-order valence-corrected chi connectivity index (χ4v) is 2.83. The molecular formula is C19H38O4. The molecule has 138 valence electrons. The summed E-state index contributed by atoms with van der Waals surface area (Å²) in [5, 5.41) is 8.00. The molecule has 1 N–H and O–H groups in total. The molecule has 0 amide bonds. The van der Waals surface area contributed by atoms with E-state index in [1.165, 1.54) is 89.9 Å². The standard InChI is InChI=1S/C19H38O4/c1-2-3-4-5-6-7-8-9-10-11-12-13-14-15-16-17-18-22-19(20)23-21/h21H,2-18H2,1H3. The van der Waals surface area contributed by atoms with Crippen LogP contribution in [0.15, 0.2) is 0 Å². The van der Waals surface area contributed by atoms with Crippen LogP contribution in [-0.2, 0) is 9.62 Å². The van der Waals surface area contributed by atoms with Crippen LogP contribution < -0.4 is 0 Å². The molecule has 0 fully saturated rings. The van der Waals surface area contributed by atoms with E-state index in [9.17, 15) is 4.79 Å². The van der Waals surface area contributed by atoms with Crippen LogP contribution in [0.2, 0.25) is 0 Å². The molecule has 0 rings (SSSR count). The third-order valence-corrected chi connectivity index (χ3v) is 4.29. The van der Waals surface area contributed by atoms with Gasteiger partial charge in [0.1, 0.15) is 0 Å². The van der Waals surface area contributed by atoms with E-state index in [1.807, 2.05) is 0 Å². The zero-order valence-electron chi connectivity index (χ0n) is 15.2. The van der Waals surface area contributed by atoms with Gasteiger partial charge in [-0.1, -0.05) is 103 Å². The van der Waals surface area contributed by atoms with Crippen molar-refractivity contribution in [3.63, 3.8) is 0 Å². The molecule has 0 aliphatic carbocycles. The van der Waals surface area contributed by atoms with Gasteiger partial charge in [-0.05, 0) is 6.42 Å². The first kappa shape index (κ1) is 22.2. The number of carbonyl (C=O) groups is 1. The van der Waals surface area contributed by atoms with Gasteiger partial charge in [0.05, 0.1) is 6.61 Å². The topological polar surface area (TPSA) is 55.8 Å². The van der Waals surface area contributed by atoms with Crippen LogP contribution in [0.25, 0.3) is 0 Å². The van der Waals surface area contributed by atoms with Gasteiger partial charge in [0.2, 0.25) is 0 Å². The van der Waals surface area contributed by atoms with Gasteiger partial charge in [-0.2, -0.15) is 5.26 Å². The van der Waals surface area contributed by atoms with E-state index < -0.39 is 6.16 Å². The van der Waals surface area contributed by atoms with E-state index in [4.69, 9.17) is 5.26 Å². The highest BCUT2D eigenvalue weighted by Gasteiger charge is 2.00. The second-order valence-electron chi connectivity index (χ2n) is 6.49. The van der Waals surface area contributed by atoms with Crippen molar-refractivity contribution in [1.29, 1.82) is 0 Å². The Bertz CT molecular complexity index is 244. The first-order valence-electron chi connectivity index (χ1n) is 9.79. The predicted molar refractivity (Wildman–Crippen MR) is 94.6 cm³/mol. The molecular weight excluding hydrogens is 292 g/mol. The first-order valence-corrected chi connectivity index (χ1v) is 9.79. The SMILES string of the molecule is CCCCCCCCCCCCCCCCCCOC(=O)OO. The second-order valence-corrected chi connectivity index (χ2v) is 6.49. The molecule has 23 heavy (non-hydrogen) atoms. The molecule has 0 spiro atoms. The highest BCUT2D eigenvalue weighted by Crippen LogP contribution is 2.13. The fraction of sp³-hybridized carbons (Fsp3) is 0.947. The number of carbonyl (C=O) groups excluding carboxylic acids is 1. The summed E-state index contributed by atoms with van der Waals surface area (Å²) in [6.45, 7) is 2.60. The maximum atomic E-state index is 10.5. The summed E-state index contributed by atoms with van der Waals surface area (Å²) in [4.78, 5) is 13.9. The van der Waals surface area contributed by atoms with Crippen molar-refractivity contribution >= 4 is 6.16 Å². The Hall–Kier alpha value is -0.770. The number of hydrogen-bond acceptors (Lipinski definition) is 4. The van der Waals surface area contributed by atoms with Crippen LogP contribution in [0.4, 0.5) is 4.79 Å². The van der Waals surface area contributed by atoms with E-state index in [-0.39, 0.29) is 0 Å². The molecule has 0 aromatic carbocycles. The van der Waals surface area contributed by atoms with Crippen molar-refractivity contribution in [3.05, 3.63) is 0 Å². The second kappa shape index (κ2) is 19.3. The third-order valence-electron chi connectivity index (χ3n) is 4.29. The van der Waals surface area contributed by atoms with E-state index in [1.54, 1.807) is 0 Å². The largest absolute Gasteiger partial charge is 0.540 e. The minimum Gasteiger partial charge on any atom is -0.432 e. The van der Waals surface area contributed by atoms with Gasteiger partial charge in [0.15, 0.2) is 0 Å². The molecule has 0 bridgehead atoms. The molecule has 0 unspecified atom stereocenters. The van der Waals surface area contributed by atoms with Crippen LogP contribution in [0.3, 0.4) is 0 Å². The average molecular weight is 331 g/mol. The quantitative estimate of drug-likeness (QED) is 0.137. The van der Waals surface area contributed by atoms with Crippen molar-refractivity contribution in [2.75, 3.05) is 6.61 Å². The molecule has 0 aliphatic heterocycles. The molecule has 0 aliphatic rings. The Balaban J connectivity index is 2.99. The number of unbranched alkanes of at least 4 members (excludes halogenated alkanes) is 15. The van der Waals surface area contributed by atoms with Crippen molar-refractivity contribution in [1.82, 2.24) is 0 Å². The van der Waals surface area contributed by atoms with E-state index in [2.05, 4.69) is 16.5 Å². The Morgan fingerprint density at radius 2 is 1.00 bits per heavy atom. The smallest absolute Gasteiger partial charge is 0.432 e. The Kier molecular flexibility index (Phi) is 18.6. The summed E-state index contributed by atoms with van der Waals surface area (Å²) in [5.41, 5.74) is 0. The lowest BCUT2D eigenvalue weighted by Crippen LogP contribution is -2.05. The van der Waals surface area contributed by atoms with Crippen LogP contribution >= 0.6 is 0 Å². The predicted octanol–water partition coefficient (Wildman–Crippen LogP) is 6.87. The summed E-state index contributed by atoms with van der Waals surface area (Å²) in [6.07, 6.45) is 20.1. The Morgan fingerprint density at radius 3 is 1.35 bits per heavy atom. The molecule has 0 saturated carbocycles. The van der Waals surface area contributed by atoms with Gasteiger partial charge in [-0.3, -0.25) is 4.89 Å². The zero-order valence-corrected chi connectivity index (χ0v) is 15.2. The maximum Gasteiger partial charge on any atom is 0.540 e. The molecule has 0 radical (unpaired) electrons. The van der Waals surface area contributed by atoms with E-state index in [0.29, 0.717) is 6.61 Å². The van der Waals surface area contributed by atoms with Gasteiger partial charge < -0.3 is 4.74 Å². The lowest BCUT2D eigenvalue weighted by Gasteiger charge is -2.04. The zero-order chi connectivity index (χ0) is 17.0. The summed E-state index contributed by atoms with van der Waals surface area (Å²) < 4.78 is 4.60. The van der Waals surface area contributed by atoms with Gasteiger partial charge in [0, 0.05) is 0 Å². The van der Waals surface area contributed by atoms with Crippen molar-refractivity contribution < 1.29 is 19.7 Å². The minimum atomic E-state index is -1.01. The van der Waals surface area contributed by atoms with Crippen LogP contribution in [0.1, 0.15) is 110 Å². The van der Waals surface area contributed by atoms with Crippen LogP contribution in [0, 0.1) is 0 Å². The third kappa shape index (κ3) is 19.2. The Morgan fingerprint density at radius 1 is 0.652 bits per heavy atom. The Labute approximate surface area is 142 Å². The number of hydrogen-bond donors (Lipinski definition) is 1. The molecule has 4 nitrogen and oxygen atoms in total. The highest BCUT2D eigenvalue weighted by atomic mass is 17.1. The van der Waals surface area contributed by atoms with Crippen molar-refractivity contribution in [3.8, 4) is 0 Å². The molecule has 0 aromatic heterocycles. The lowest BCUT2D eigenvalue weighted by atomic mass is 10.0. The van der Waals surface area contributed by atoms with Gasteiger partial charge in [-0.15, -0.1) is 0 Å². The first-order chi connectivity index (χ1) is 11.3. The minimum absolute atomic E-state index is 0.331. The summed E-state index contributed by atoms with van der Waals surface area (Å²) in [6, 6.07) is 0. The molecule has 0 saturated heterocycles. The van der Waals surface area contributed by atoms with Crippen molar-refractivity contribution in [2.45, 2.75) is 110 Å². The van der Waals surface area contributed by atoms with E-state index >= 15 is 0 Å². The van der Waals surface area contributed by atoms with Crippen LogP contribution in [0.5, 0.6) is 0 Å². The van der Waals surface area contributed by atoms with Gasteiger partial charge in [0.25, 0.3) is 0 Å². The summed E-state index contributed by atoms with van der Waals surface area (Å²) >= 11 is 0. The normalized spacial score (nSPS) is 10.7. The fourth-order valence-electron chi connectivity index (χ4n) is 2.83. The molecule has 0 aromatic rings. The van der Waals surface area contributed by atoms with Crippen molar-refractivity contribution in [2.24, 2.45) is 0 Å². The van der Waals surface area contributed by atoms with Crippen LogP contribution in [-0.4, -0.2) is 18.0 Å². The lowest BCUT2D eigenvalue weighted by molar-refractivity contribution is -0.200. The summed E-state index contributed by atoms with van der Waals surface area (Å²) in [5.74, 6) is 0. The van der Waals surface area contributed by atoms with E-state index in [0.717, 1.165) is 12.8 Å². The average Bonchev–Trinajstić information content (AvgIpc) is 2.57.